The monoisotopic (exact) mass is 306 g/mol. The minimum Gasteiger partial charge on any atom is -0.470 e. The summed E-state index contributed by atoms with van der Waals surface area (Å²) in [7, 11) is 0. The van der Waals surface area contributed by atoms with Crippen molar-refractivity contribution in [2.75, 3.05) is 0 Å². The van der Waals surface area contributed by atoms with Gasteiger partial charge >= 0.3 is 0 Å². The second kappa shape index (κ2) is 3.25. The lowest BCUT2D eigenvalue weighted by Crippen LogP contribution is -2.47. The van der Waals surface area contributed by atoms with Crippen LogP contribution in [0.3, 0.4) is 0 Å². The van der Waals surface area contributed by atoms with Crippen LogP contribution in [0.5, 0.6) is 0 Å². The molecule has 5 nitrogen and oxygen atoms in total. The fraction of sp³-hybridized carbons (Fsp3) is 0.667. The van der Waals surface area contributed by atoms with Gasteiger partial charge in [0.1, 0.15) is 5.60 Å². The zero-order chi connectivity index (χ0) is 13.8. The van der Waals surface area contributed by atoms with Crippen molar-refractivity contribution in [2.45, 2.75) is 32.8 Å². The highest BCUT2D eigenvalue weighted by atomic mass is 79.9. The van der Waals surface area contributed by atoms with Crippen molar-refractivity contribution >= 4 is 22.0 Å². The van der Waals surface area contributed by atoms with E-state index >= 15 is 0 Å². The molecule has 1 aliphatic carbocycles. The first-order chi connectivity index (χ1) is 8.30. The molecule has 1 aliphatic heterocycles. The van der Waals surface area contributed by atoms with E-state index in [0.717, 1.165) is 0 Å². The smallest absolute Gasteiger partial charge is 0.220 e. The number of hydrogen-bond acceptors (Lipinski definition) is 5. The van der Waals surface area contributed by atoms with E-state index in [9.17, 15) is 15.8 Å². The van der Waals surface area contributed by atoms with E-state index in [1.165, 1.54) is 0 Å². The Bertz CT molecular complexity index is 562. The van der Waals surface area contributed by atoms with Crippen molar-refractivity contribution in [3.05, 3.63) is 0 Å². The molecular weight excluding hydrogens is 296 g/mol. The number of halogens is 1. The molecule has 2 atom stereocenters. The summed E-state index contributed by atoms with van der Waals surface area (Å²) >= 11 is 2.93. The number of ether oxygens (including phenoxy) is 1. The normalized spacial score (nSPS) is 40.6. The van der Waals surface area contributed by atoms with Gasteiger partial charge in [0, 0.05) is 0 Å². The number of nitriles is 3. The second-order valence-corrected chi connectivity index (χ2v) is 5.97. The fourth-order valence-corrected chi connectivity index (χ4v) is 4.00. The Hall–Kier alpha value is -1.58. The van der Waals surface area contributed by atoms with Crippen LogP contribution in [0.15, 0.2) is 4.02 Å². The maximum absolute atomic E-state index is 9.66. The van der Waals surface area contributed by atoms with Crippen molar-refractivity contribution in [3.63, 3.8) is 0 Å². The van der Waals surface area contributed by atoms with Crippen LogP contribution in [0, 0.1) is 50.2 Å². The first kappa shape index (κ1) is 12.9. The molecule has 0 aromatic rings. The Balaban J connectivity index is 2.93. The molecule has 2 fully saturated rings. The van der Waals surface area contributed by atoms with Crippen molar-refractivity contribution in [1.29, 1.82) is 15.8 Å². The third kappa shape index (κ3) is 0.910. The van der Waals surface area contributed by atoms with Crippen LogP contribution in [0.1, 0.15) is 27.2 Å². The number of hydrogen-bond donors (Lipinski definition) is 0. The Labute approximate surface area is 114 Å². The van der Waals surface area contributed by atoms with Gasteiger partial charge in [0.15, 0.2) is 5.41 Å². The van der Waals surface area contributed by atoms with Gasteiger partial charge in [-0.1, -0.05) is 13.8 Å². The van der Waals surface area contributed by atoms with Crippen molar-refractivity contribution in [2.24, 2.45) is 20.3 Å². The molecule has 0 aromatic carbocycles. The zero-order valence-electron chi connectivity index (χ0n) is 10.3. The lowest BCUT2D eigenvalue weighted by Gasteiger charge is -2.37. The third-order valence-corrected chi connectivity index (χ3v) is 4.69. The molecule has 0 amide bonds. The Morgan fingerprint density at radius 2 is 1.72 bits per heavy atom. The van der Waals surface area contributed by atoms with Crippen LogP contribution in [0.25, 0.3) is 0 Å². The zero-order valence-corrected chi connectivity index (χ0v) is 11.9. The summed E-state index contributed by atoms with van der Waals surface area (Å²) in [6.45, 7) is 5.43. The minimum atomic E-state index is -1.54. The minimum absolute atomic E-state index is 0.131. The summed E-state index contributed by atoms with van der Waals surface area (Å²) in [5.41, 5.74) is -4.46. The van der Waals surface area contributed by atoms with Crippen LogP contribution < -0.4 is 0 Å². The van der Waals surface area contributed by atoms with Gasteiger partial charge in [0.2, 0.25) is 11.3 Å². The van der Waals surface area contributed by atoms with Crippen molar-refractivity contribution < 1.29 is 4.74 Å². The molecule has 18 heavy (non-hydrogen) atoms. The molecule has 2 aliphatic rings. The first-order valence-electron chi connectivity index (χ1n) is 5.43. The van der Waals surface area contributed by atoms with E-state index < -0.39 is 21.8 Å². The summed E-state index contributed by atoms with van der Waals surface area (Å²) in [4.78, 5) is 0. The molecule has 2 rings (SSSR count). The topological polar surface area (TPSA) is 93.0 Å². The summed E-state index contributed by atoms with van der Waals surface area (Å²) < 4.78 is 9.49. The second-order valence-electron chi connectivity index (χ2n) is 5.62. The molecule has 6 heteroatoms. The van der Waals surface area contributed by atoms with E-state index in [2.05, 4.69) is 26.2 Å². The summed E-state index contributed by atoms with van der Waals surface area (Å²) in [5.74, 6) is 0.131. The van der Waals surface area contributed by atoms with Gasteiger partial charge < -0.3 is 4.74 Å². The van der Waals surface area contributed by atoms with Crippen LogP contribution in [0.2, 0.25) is 0 Å². The first-order valence-corrected chi connectivity index (χ1v) is 6.14. The molecule has 1 saturated carbocycles. The van der Waals surface area contributed by atoms with Crippen LogP contribution >= 0.6 is 16.1 Å². The van der Waals surface area contributed by atoms with Crippen molar-refractivity contribution in [1.82, 2.24) is 0 Å². The summed E-state index contributed by atoms with van der Waals surface area (Å²) in [6, 6.07) is 6.21. The van der Waals surface area contributed by atoms with Gasteiger partial charge in [-0.25, -0.2) is 0 Å². The largest absolute Gasteiger partial charge is 0.470 e. The quantitative estimate of drug-likeness (QED) is 0.687. The third-order valence-electron chi connectivity index (χ3n) is 4.37. The highest BCUT2D eigenvalue weighted by molar-refractivity contribution is 9.08. The molecular formula is C12H11BrN4O. The molecule has 2 bridgehead atoms. The number of fused-ring (bicyclic) bond motifs is 2. The molecule has 0 aromatic heterocycles. The predicted octanol–water partition coefficient (Wildman–Crippen LogP) is 2.46. The average molecular weight is 307 g/mol. The number of rotatable bonds is 0. The van der Waals surface area contributed by atoms with E-state index in [-0.39, 0.29) is 5.90 Å². The molecule has 92 valence electrons. The van der Waals surface area contributed by atoms with Gasteiger partial charge in [0.25, 0.3) is 0 Å². The Morgan fingerprint density at radius 3 is 2.11 bits per heavy atom. The highest BCUT2D eigenvalue weighted by Gasteiger charge is 2.85. The van der Waals surface area contributed by atoms with Gasteiger partial charge in [-0.2, -0.15) is 19.8 Å². The Morgan fingerprint density at radius 1 is 1.17 bits per heavy atom. The molecule has 0 radical (unpaired) electrons. The summed E-state index contributed by atoms with van der Waals surface area (Å²) in [6.07, 6.45) is 0.459. The fourth-order valence-electron chi connectivity index (χ4n) is 3.66. The van der Waals surface area contributed by atoms with E-state index in [1.54, 1.807) is 6.92 Å². The molecule has 0 N–H and O–H groups in total. The van der Waals surface area contributed by atoms with Gasteiger partial charge in [-0.05, 0) is 18.8 Å². The van der Waals surface area contributed by atoms with Gasteiger partial charge in [-0.15, -0.1) is 0 Å². The molecule has 1 heterocycles. The average Bonchev–Trinajstić information content (AvgIpc) is 2.62. The standard InChI is InChI=1S/C12H11BrN4O/c1-9(2)4-10(3)11(5-14,6-15)12(9,7-16)8(17-13)18-10/h4H2,1-3H3/t10-,12-/m1/s1. The number of nitrogens with zero attached hydrogens (tertiary/aromatic N) is 4. The van der Waals surface area contributed by atoms with E-state index in [1.807, 2.05) is 26.0 Å². The van der Waals surface area contributed by atoms with Crippen LogP contribution in [-0.2, 0) is 4.74 Å². The van der Waals surface area contributed by atoms with Gasteiger partial charge in [-0.3, -0.25) is 0 Å². The van der Waals surface area contributed by atoms with Gasteiger partial charge in [0.05, 0.1) is 34.4 Å². The lowest BCUT2D eigenvalue weighted by atomic mass is 9.58. The summed E-state index contributed by atoms with van der Waals surface area (Å²) in [5, 5.41) is 28.7. The molecule has 0 spiro atoms. The lowest BCUT2D eigenvalue weighted by molar-refractivity contribution is 0.0391. The maximum Gasteiger partial charge on any atom is 0.220 e. The molecule has 1 saturated heterocycles. The predicted molar refractivity (Wildman–Crippen MR) is 66.0 cm³/mol. The van der Waals surface area contributed by atoms with E-state index in [0.29, 0.717) is 6.42 Å². The Kier molecular flexibility index (Phi) is 2.32. The highest BCUT2D eigenvalue weighted by Crippen LogP contribution is 2.72. The van der Waals surface area contributed by atoms with Crippen LogP contribution in [-0.4, -0.2) is 11.5 Å². The van der Waals surface area contributed by atoms with Crippen LogP contribution in [0.4, 0.5) is 0 Å². The maximum atomic E-state index is 9.66. The van der Waals surface area contributed by atoms with Crippen molar-refractivity contribution in [3.8, 4) is 18.2 Å². The van der Waals surface area contributed by atoms with E-state index in [4.69, 9.17) is 4.74 Å². The molecule has 0 unspecified atom stereocenters. The SMILES string of the molecule is CC1(C)C[C@@]2(C)OC(=NBr)[C@@]1(C#N)C2(C#N)C#N.